The second kappa shape index (κ2) is 8.55. The highest BCUT2D eigenvalue weighted by atomic mass is 19.1. The van der Waals surface area contributed by atoms with Crippen LogP contribution in [0.4, 0.5) is 10.1 Å². The minimum absolute atomic E-state index is 0.161. The lowest BCUT2D eigenvalue weighted by Gasteiger charge is -2.23. The Balaban J connectivity index is 1.55. The van der Waals surface area contributed by atoms with Gasteiger partial charge in [-0.25, -0.2) is 4.39 Å². The quantitative estimate of drug-likeness (QED) is 0.410. The molecule has 0 saturated carbocycles. The molecule has 0 aliphatic carbocycles. The van der Waals surface area contributed by atoms with E-state index in [0.29, 0.717) is 35.5 Å². The molecule has 7 nitrogen and oxygen atoms in total. The van der Waals surface area contributed by atoms with E-state index in [2.05, 4.69) is 20.4 Å². The Bertz CT molecular complexity index is 1140. The van der Waals surface area contributed by atoms with Crippen molar-refractivity contribution in [3.63, 3.8) is 0 Å². The number of rotatable bonds is 6. The number of nitrogens with zero attached hydrogens (tertiary/aromatic N) is 1. The summed E-state index contributed by atoms with van der Waals surface area (Å²) in [6.07, 6.45) is 4.29. The van der Waals surface area contributed by atoms with Gasteiger partial charge in [0.1, 0.15) is 17.2 Å². The molecule has 0 saturated heterocycles. The van der Waals surface area contributed by atoms with E-state index in [9.17, 15) is 14.0 Å². The molecule has 32 heavy (non-hydrogen) atoms. The molecule has 2 N–H and O–H groups in total. The molecule has 0 radical (unpaired) electrons. The highest BCUT2D eigenvalue weighted by molar-refractivity contribution is 6.32. The molecule has 0 fully saturated rings. The van der Waals surface area contributed by atoms with Crippen LogP contribution >= 0.6 is 0 Å². The molecule has 0 spiro atoms. The molecule has 8 heteroatoms. The smallest absolute Gasteiger partial charge is 0.319 e. The predicted octanol–water partition coefficient (Wildman–Crippen LogP) is 3.08. The van der Waals surface area contributed by atoms with Crippen LogP contribution in [0.15, 0.2) is 48.4 Å². The van der Waals surface area contributed by atoms with Gasteiger partial charge in [0.15, 0.2) is 0 Å². The molecule has 1 aromatic heterocycles. The number of aromatic nitrogens is 1. The van der Waals surface area contributed by atoms with E-state index in [4.69, 9.17) is 4.74 Å². The number of nitrogens with one attached hydrogen (secondary N) is 2. The van der Waals surface area contributed by atoms with Crippen molar-refractivity contribution < 1.29 is 23.5 Å². The average Bonchev–Trinajstić information content (AvgIpc) is 3.25. The molecule has 0 bridgehead atoms. The predicted molar refractivity (Wildman–Crippen MR) is 118 cm³/mol. The van der Waals surface area contributed by atoms with Crippen LogP contribution in [0, 0.1) is 5.82 Å². The third kappa shape index (κ3) is 4.27. The first kappa shape index (κ1) is 21.7. The molecule has 0 atom stereocenters. The molecule has 2 aliphatic heterocycles. The number of carbonyl (C=O) groups excluding carboxylic acids is 2. The summed E-state index contributed by atoms with van der Waals surface area (Å²) in [6, 6.07) is 8.10. The Morgan fingerprint density at radius 1 is 1.28 bits per heavy atom. The van der Waals surface area contributed by atoms with Crippen LogP contribution in [0.5, 0.6) is 0 Å². The lowest BCUT2D eigenvalue weighted by atomic mass is 9.93. The zero-order chi connectivity index (χ0) is 22.9. The van der Waals surface area contributed by atoms with Crippen LogP contribution in [0.2, 0.25) is 0 Å². The van der Waals surface area contributed by atoms with Gasteiger partial charge in [-0.05, 0) is 44.2 Å². The fourth-order valence-electron chi connectivity index (χ4n) is 3.82. The first-order valence-electron chi connectivity index (χ1n) is 10.3. The number of methoxy groups -OCH3 is 1. The van der Waals surface area contributed by atoms with Crippen molar-refractivity contribution in [2.75, 3.05) is 25.5 Å². The van der Waals surface area contributed by atoms with Gasteiger partial charge in [-0.15, -0.1) is 0 Å². The van der Waals surface area contributed by atoms with Gasteiger partial charge >= 0.3 is 5.97 Å². The molecular formula is C24H24FN3O4. The Morgan fingerprint density at radius 2 is 2.09 bits per heavy atom. The maximum Gasteiger partial charge on any atom is 0.319 e. The summed E-state index contributed by atoms with van der Waals surface area (Å²) in [5.74, 6) is -0.589. The first-order chi connectivity index (χ1) is 15.3. The average molecular weight is 437 g/mol. The third-order valence-corrected chi connectivity index (χ3v) is 5.45. The highest BCUT2D eigenvalue weighted by Crippen LogP contribution is 2.44. The van der Waals surface area contributed by atoms with Crippen molar-refractivity contribution in [1.82, 2.24) is 10.3 Å². The second-order valence-electron chi connectivity index (χ2n) is 8.09. The van der Waals surface area contributed by atoms with Crippen molar-refractivity contribution in [3.05, 3.63) is 71.0 Å². The summed E-state index contributed by atoms with van der Waals surface area (Å²) < 4.78 is 24.3. The van der Waals surface area contributed by atoms with E-state index in [1.165, 1.54) is 19.2 Å². The number of carbonyl (C=O) groups is 2. The Hall–Kier alpha value is -3.52. The Kier molecular flexibility index (Phi) is 5.80. The van der Waals surface area contributed by atoms with Gasteiger partial charge in [-0.2, -0.15) is 0 Å². The number of benzene rings is 1. The van der Waals surface area contributed by atoms with Gasteiger partial charge in [0.05, 0.1) is 24.9 Å². The van der Waals surface area contributed by atoms with Crippen LogP contribution < -0.4 is 10.6 Å². The van der Waals surface area contributed by atoms with Gasteiger partial charge in [0, 0.05) is 41.6 Å². The molecule has 4 rings (SSSR count). The summed E-state index contributed by atoms with van der Waals surface area (Å²) in [6.45, 7) is 4.61. The normalized spacial score (nSPS) is 18.6. The topological polar surface area (TPSA) is 89.5 Å². The van der Waals surface area contributed by atoms with E-state index in [0.717, 1.165) is 16.8 Å². The minimum atomic E-state index is -0.670. The summed E-state index contributed by atoms with van der Waals surface area (Å²) in [5.41, 5.74) is 3.44. The summed E-state index contributed by atoms with van der Waals surface area (Å²) in [5, 5.41) is 5.70. The SMILES string of the molecule is COC(=O)CNCCc1ccc(C2=C/C(=C3\C(=O)Nc4cc(F)ccc43)OC2(C)C)cn1. The number of pyridine rings is 1. The van der Waals surface area contributed by atoms with E-state index in [1.807, 2.05) is 32.1 Å². The number of anilines is 1. The molecule has 1 amide bonds. The highest BCUT2D eigenvalue weighted by Gasteiger charge is 2.38. The molecule has 2 aromatic rings. The van der Waals surface area contributed by atoms with Crippen molar-refractivity contribution in [3.8, 4) is 0 Å². The molecule has 166 valence electrons. The number of amides is 1. The van der Waals surface area contributed by atoms with Crippen molar-refractivity contribution in [2.45, 2.75) is 25.9 Å². The van der Waals surface area contributed by atoms with Gasteiger partial charge < -0.3 is 20.1 Å². The molecule has 2 aliphatic rings. The van der Waals surface area contributed by atoms with Crippen LogP contribution in [-0.2, 0) is 25.5 Å². The van der Waals surface area contributed by atoms with Crippen LogP contribution in [0.1, 0.15) is 30.7 Å². The Labute approximate surface area is 185 Å². The maximum atomic E-state index is 13.5. The molecule has 0 unspecified atom stereocenters. The lowest BCUT2D eigenvalue weighted by Crippen LogP contribution is -2.26. The van der Waals surface area contributed by atoms with E-state index in [-0.39, 0.29) is 18.4 Å². The summed E-state index contributed by atoms with van der Waals surface area (Å²) in [7, 11) is 1.35. The monoisotopic (exact) mass is 437 g/mol. The largest absolute Gasteiger partial charge is 0.482 e. The van der Waals surface area contributed by atoms with Crippen LogP contribution in [0.25, 0.3) is 11.1 Å². The van der Waals surface area contributed by atoms with E-state index >= 15 is 0 Å². The summed E-state index contributed by atoms with van der Waals surface area (Å²) in [4.78, 5) is 28.2. The molecule has 1 aromatic carbocycles. The molecular weight excluding hydrogens is 413 g/mol. The van der Waals surface area contributed by atoms with Gasteiger partial charge in [0.2, 0.25) is 0 Å². The number of halogens is 1. The number of fused-ring (bicyclic) bond motifs is 1. The van der Waals surface area contributed by atoms with Gasteiger partial charge in [0.25, 0.3) is 5.91 Å². The van der Waals surface area contributed by atoms with Crippen molar-refractivity contribution >= 4 is 28.7 Å². The molecule has 3 heterocycles. The van der Waals surface area contributed by atoms with E-state index in [1.54, 1.807) is 12.3 Å². The number of esters is 1. The number of allylic oxidation sites excluding steroid dienone is 1. The second-order valence-corrected chi connectivity index (χ2v) is 8.09. The zero-order valence-electron chi connectivity index (χ0n) is 18.1. The maximum absolute atomic E-state index is 13.5. The third-order valence-electron chi connectivity index (χ3n) is 5.45. The van der Waals surface area contributed by atoms with E-state index < -0.39 is 11.4 Å². The fourth-order valence-corrected chi connectivity index (χ4v) is 3.82. The standard InChI is InChI=1S/C24H24FN3O4/c1-24(2)18(14-4-6-16(27-12-14)8-9-26-13-21(29)31-3)11-20(32-24)22-17-7-5-15(25)10-19(17)28-23(22)30/h4-7,10-12,26H,8-9,13H2,1-3H3,(H,28,30)/b22-20+. The minimum Gasteiger partial charge on any atom is -0.482 e. The number of ether oxygens (including phenoxy) is 2. The number of hydrogen-bond acceptors (Lipinski definition) is 6. The van der Waals surface area contributed by atoms with Gasteiger partial charge in [-0.1, -0.05) is 6.07 Å². The van der Waals surface area contributed by atoms with Crippen molar-refractivity contribution in [1.29, 1.82) is 0 Å². The first-order valence-corrected chi connectivity index (χ1v) is 10.3. The fraction of sp³-hybridized carbons (Fsp3) is 0.292. The van der Waals surface area contributed by atoms with Gasteiger partial charge in [-0.3, -0.25) is 14.6 Å². The zero-order valence-corrected chi connectivity index (χ0v) is 18.1. The van der Waals surface area contributed by atoms with Crippen LogP contribution in [0.3, 0.4) is 0 Å². The summed E-state index contributed by atoms with van der Waals surface area (Å²) >= 11 is 0. The Morgan fingerprint density at radius 3 is 2.81 bits per heavy atom. The van der Waals surface area contributed by atoms with Crippen molar-refractivity contribution in [2.24, 2.45) is 0 Å². The number of hydrogen-bond donors (Lipinski definition) is 2. The lowest BCUT2D eigenvalue weighted by molar-refractivity contribution is -0.139. The van der Waals surface area contributed by atoms with Crippen LogP contribution in [-0.4, -0.2) is 42.7 Å².